The maximum atomic E-state index is 10.1. The molecule has 2 aliphatic rings. The van der Waals surface area contributed by atoms with Gasteiger partial charge in [0.05, 0.1) is 11.5 Å². The first-order valence-electron chi connectivity index (χ1n) is 12.2. The van der Waals surface area contributed by atoms with Crippen LogP contribution in [0.3, 0.4) is 0 Å². The molecule has 3 rings (SSSR count). The molecular formula is C27H41N. The van der Waals surface area contributed by atoms with E-state index in [0.717, 1.165) is 30.6 Å². The number of aryl methyl sites for hydroxylation is 1. The largest absolute Gasteiger partial charge is 0.197 e. The second kappa shape index (κ2) is 10.5. The number of nitriles is 1. The summed E-state index contributed by atoms with van der Waals surface area (Å²) in [5.41, 5.74) is 2.49. The van der Waals surface area contributed by atoms with Crippen LogP contribution in [0.2, 0.25) is 0 Å². The molecule has 1 heteroatoms. The second-order valence-corrected chi connectivity index (χ2v) is 9.75. The summed E-state index contributed by atoms with van der Waals surface area (Å²) in [6, 6.07) is 11.8. The third-order valence-electron chi connectivity index (χ3n) is 7.93. The summed E-state index contributed by atoms with van der Waals surface area (Å²) in [5, 5.41) is 10.1. The minimum Gasteiger partial charge on any atom is -0.197 e. The van der Waals surface area contributed by atoms with E-state index in [4.69, 9.17) is 0 Å². The molecule has 0 amide bonds. The van der Waals surface area contributed by atoms with E-state index < -0.39 is 0 Å². The van der Waals surface area contributed by atoms with Gasteiger partial charge in [-0.2, -0.15) is 5.26 Å². The van der Waals surface area contributed by atoms with Gasteiger partial charge in [-0.05, 0) is 80.2 Å². The molecule has 28 heavy (non-hydrogen) atoms. The molecule has 0 bridgehead atoms. The Morgan fingerprint density at radius 3 is 2.07 bits per heavy atom. The minimum atomic E-state index is -0.224. The summed E-state index contributed by atoms with van der Waals surface area (Å²) < 4.78 is 0. The fourth-order valence-electron chi connectivity index (χ4n) is 6.00. The molecule has 0 atom stereocenters. The van der Waals surface area contributed by atoms with Crippen LogP contribution in [0.5, 0.6) is 0 Å². The van der Waals surface area contributed by atoms with Gasteiger partial charge in [0.15, 0.2) is 0 Å². The number of hydrogen-bond donors (Lipinski definition) is 0. The third-order valence-corrected chi connectivity index (χ3v) is 7.93. The van der Waals surface area contributed by atoms with Crippen molar-refractivity contribution in [1.82, 2.24) is 0 Å². The first-order chi connectivity index (χ1) is 13.7. The fraction of sp³-hybridized carbons (Fsp3) is 0.741. The van der Waals surface area contributed by atoms with Gasteiger partial charge in [-0.25, -0.2) is 0 Å². The number of unbranched alkanes of at least 4 members (excludes halogenated alkanes) is 2. The normalized spacial score (nSPS) is 30.7. The van der Waals surface area contributed by atoms with Crippen molar-refractivity contribution in [2.75, 3.05) is 0 Å². The van der Waals surface area contributed by atoms with Crippen LogP contribution in [0, 0.1) is 29.1 Å². The van der Waals surface area contributed by atoms with Crippen LogP contribution < -0.4 is 0 Å². The summed E-state index contributed by atoms with van der Waals surface area (Å²) in [6.07, 6.45) is 18.3. The molecule has 0 unspecified atom stereocenters. The van der Waals surface area contributed by atoms with E-state index in [2.05, 4.69) is 44.2 Å². The van der Waals surface area contributed by atoms with E-state index in [0.29, 0.717) is 0 Å². The Morgan fingerprint density at radius 1 is 0.857 bits per heavy atom. The minimum absolute atomic E-state index is 0.224. The smallest absolute Gasteiger partial charge is 0.0822 e. The molecule has 0 spiro atoms. The van der Waals surface area contributed by atoms with Gasteiger partial charge in [0.25, 0.3) is 0 Å². The average Bonchev–Trinajstić information content (AvgIpc) is 2.75. The zero-order valence-corrected chi connectivity index (χ0v) is 18.4. The molecule has 2 fully saturated rings. The molecule has 2 saturated carbocycles. The monoisotopic (exact) mass is 379 g/mol. The lowest BCUT2D eigenvalue weighted by Crippen LogP contribution is -2.33. The van der Waals surface area contributed by atoms with Crippen LogP contribution >= 0.6 is 0 Å². The van der Waals surface area contributed by atoms with Gasteiger partial charge in [-0.15, -0.1) is 0 Å². The van der Waals surface area contributed by atoms with Gasteiger partial charge >= 0.3 is 0 Å². The molecule has 154 valence electrons. The molecule has 0 heterocycles. The van der Waals surface area contributed by atoms with E-state index >= 15 is 0 Å². The van der Waals surface area contributed by atoms with Crippen molar-refractivity contribution in [1.29, 1.82) is 5.26 Å². The Kier molecular flexibility index (Phi) is 8.01. The molecule has 0 aliphatic heterocycles. The summed E-state index contributed by atoms with van der Waals surface area (Å²) in [7, 11) is 0. The lowest BCUT2D eigenvalue weighted by molar-refractivity contribution is 0.144. The average molecular weight is 380 g/mol. The van der Waals surface area contributed by atoms with Crippen LogP contribution in [0.1, 0.15) is 108 Å². The van der Waals surface area contributed by atoms with Crippen LogP contribution in [0.25, 0.3) is 0 Å². The van der Waals surface area contributed by atoms with Crippen molar-refractivity contribution in [3.8, 4) is 6.07 Å². The maximum absolute atomic E-state index is 10.1. The summed E-state index contributed by atoms with van der Waals surface area (Å²) in [6.45, 7) is 4.58. The molecule has 0 radical (unpaired) electrons. The zero-order valence-electron chi connectivity index (χ0n) is 18.4. The van der Waals surface area contributed by atoms with E-state index in [-0.39, 0.29) is 5.41 Å². The number of rotatable bonds is 8. The van der Waals surface area contributed by atoms with Crippen molar-refractivity contribution in [3.63, 3.8) is 0 Å². The first kappa shape index (κ1) is 21.4. The van der Waals surface area contributed by atoms with Crippen molar-refractivity contribution < 1.29 is 0 Å². The van der Waals surface area contributed by atoms with Crippen molar-refractivity contribution >= 4 is 0 Å². The van der Waals surface area contributed by atoms with E-state index in [1.807, 2.05) is 0 Å². The first-order valence-corrected chi connectivity index (χ1v) is 12.2. The molecular weight excluding hydrogens is 338 g/mol. The fourth-order valence-corrected chi connectivity index (χ4v) is 6.00. The quantitative estimate of drug-likeness (QED) is 0.420. The number of nitrogens with zero attached hydrogens (tertiary/aromatic N) is 1. The van der Waals surface area contributed by atoms with Crippen molar-refractivity contribution in [2.45, 2.75) is 109 Å². The molecule has 1 aromatic carbocycles. The zero-order chi connectivity index (χ0) is 19.8. The van der Waals surface area contributed by atoms with E-state index in [1.165, 1.54) is 88.2 Å². The maximum Gasteiger partial charge on any atom is 0.0822 e. The van der Waals surface area contributed by atoms with Crippen LogP contribution in [0.4, 0.5) is 0 Å². The predicted octanol–water partition coefficient (Wildman–Crippen LogP) is 7.98. The number of hydrogen-bond acceptors (Lipinski definition) is 1. The van der Waals surface area contributed by atoms with Crippen LogP contribution in [0.15, 0.2) is 24.3 Å². The molecule has 0 aromatic heterocycles. The second-order valence-electron chi connectivity index (χ2n) is 9.75. The lowest BCUT2D eigenvalue weighted by Gasteiger charge is -2.41. The topological polar surface area (TPSA) is 23.8 Å². The Hall–Kier alpha value is -1.29. The molecule has 1 nitrogen and oxygen atoms in total. The summed E-state index contributed by atoms with van der Waals surface area (Å²) in [4.78, 5) is 0. The van der Waals surface area contributed by atoms with Gasteiger partial charge < -0.3 is 0 Å². The predicted molar refractivity (Wildman–Crippen MR) is 119 cm³/mol. The SMILES string of the molecule is CCCCCc1ccc(C2(C#N)CCC(C3CCC(CCC)CC3)CC2)cc1. The summed E-state index contributed by atoms with van der Waals surface area (Å²) in [5.74, 6) is 2.81. The van der Waals surface area contributed by atoms with Crippen LogP contribution in [-0.2, 0) is 11.8 Å². The molecule has 2 aliphatic carbocycles. The highest BCUT2D eigenvalue weighted by atomic mass is 14.5. The van der Waals surface area contributed by atoms with Gasteiger partial charge in [-0.1, -0.05) is 76.6 Å². The van der Waals surface area contributed by atoms with Gasteiger partial charge in [0.1, 0.15) is 0 Å². The Labute approximate surface area is 173 Å². The molecule has 1 aromatic rings. The Balaban J connectivity index is 1.54. The lowest BCUT2D eigenvalue weighted by atomic mass is 9.62. The standard InChI is InChI=1S/C27H41N/c1-3-5-6-8-23-11-15-26(16-12-23)27(21-28)19-17-25(18-20-27)24-13-9-22(7-4-2)10-14-24/h11-12,15-16,22,24-25H,3-10,13-14,17-20H2,1-2H3. The molecule has 0 saturated heterocycles. The van der Waals surface area contributed by atoms with Gasteiger partial charge in [-0.3, -0.25) is 0 Å². The van der Waals surface area contributed by atoms with E-state index in [1.54, 1.807) is 0 Å². The Bertz CT molecular complexity index is 607. The van der Waals surface area contributed by atoms with Gasteiger partial charge in [0.2, 0.25) is 0 Å². The highest BCUT2D eigenvalue weighted by Gasteiger charge is 2.39. The molecule has 0 N–H and O–H groups in total. The highest BCUT2D eigenvalue weighted by molar-refractivity contribution is 5.35. The third kappa shape index (κ3) is 5.20. The van der Waals surface area contributed by atoms with E-state index in [9.17, 15) is 5.26 Å². The Morgan fingerprint density at radius 2 is 1.50 bits per heavy atom. The summed E-state index contributed by atoms with van der Waals surface area (Å²) >= 11 is 0. The van der Waals surface area contributed by atoms with Crippen molar-refractivity contribution in [3.05, 3.63) is 35.4 Å². The number of benzene rings is 1. The van der Waals surface area contributed by atoms with Crippen molar-refractivity contribution in [2.24, 2.45) is 17.8 Å². The van der Waals surface area contributed by atoms with Gasteiger partial charge in [0, 0.05) is 0 Å². The highest BCUT2D eigenvalue weighted by Crippen LogP contribution is 2.47. The van der Waals surface area contributed by atoms with Crippen LogP contribution in [-0.4, -0.2) is 0 Å².